The first-order valence-corrected chi connectivity index (χ1v) is 6.67. The van der Waals surface area contributed by atoms with E-state index in [9.17, 15) is 0 Å². The average Bonchev–Trinajstić information content (AvgIpc) is 2.47. The Hall–Kier alpha value is -1.58. The van der Waals surface area contributed by atoms with Crippen molar-refractivity contribution in [2.75, 3.05) is 6.61 Å². The zero-order valence-electron chi connectivity index (χ0n) is 10.7. The summed E-state index contributed by atoms with van der Waals surface area (Å²) in [4.78, 5) is 7.41. The number of fused-ring (bicyclic) bond motifs is 1. The van der Waals surface area contributed by atoms with Crippen molar-refractivity contribution in [3.05, 3.63) is 59.4 Å². The fraction of sp³-hybridized carbons (Fsp3) is 0.267. The van der Waals surface area contributed by atoms with Gasteiger partial charge in [0.15, 0.2) is 0 Å². The highest BCUT2D eigenvalue weighted by molar-refractivity contribution is 6.14. The molecule has 0 unspecified atom stereocenters. The van der Waals surface area contributed by atoms with Crippen molar-refractivity contribution >= 4 is 11.8 Å². The van der Waals surface area contributed by atoms with Crippen molar-refractivity contribution < 1.29 is 4.74 Å². The molecule has 19 heavy (non-hydrogen) atoms. The van der Waals surface area contributed by atoms with Gasteiger partial charge in [0, 0.05) is 12.6 Å². The fourth-order valence-electron chi connectivity index (χ4n) is 2.53. The van der Waals surface area contributed by atoms with Crippen LogP contribution < -0.4 is 9.57 Å². The minimum Gasteiger partial charge on any atom is -0.491 e. The second kappa shape index (κ2) is 4.83. The first-order chi connectivity index (χ1) is 9.26. The summed E-state index contributed by atoms with van der Waals surface area (Å²) in [5, 5.41) is 0. The molecule has 0 saturated carbocycles. The summed E-state index contributed by atoms with van der Waals surface area (Å²) in [5.74, 6) is 0.794. The number of nitrogens with zero attached hydrogens (tertiary/aromatic N) is 1. The van der Waals surface area contributed by atoms with Crippen molar-refractivity contribution in [2.24, 2.45) is 0 Å². The van der Waals surface area contributed by atoms with Crippen LogP contribution in [-0.4, -0.2) is 11.6 Å². The molecule has 0 amide bonds. The van der Waals surface area contributed by atoms with Crippen molar-refractivity contribution in [1.82, 2.24) is 9.82 Å². The van der Waals surface area contributed by atoms with Gasteiger partial charge in [0.05, 0.1) is 6.61 Å². The molecule has 1 aliphatic heterocycles. The molecule has 0 fully saturated rings. The number of halogens is 1. The van der Waals surface area contributed by atoms with Crippen LogP contribution in [0.1, 0.15) is 23.2 Å². The number of rotatable bonds is 2. The van der Waals surface area contributed by atoms with Gasteiger partial charge >= 0.3 is 0 Å². The van der Waals surface area contributed by atoms with Crippen LogP contribution in [0.4, 0.5) is 0 Å². The smallest absolute Gasteiger partial charge is 0.143 e. The van der Waals surface area contributed by atoms with Crippen LogP contribution in [0.2, 0.25) is 0 Å². The summed E-state index contributed by atoms with van der Waals surface area (Å²) in [6.07, 6.45) is 2.52. The monoisotopic (exact) mass is 274 g/mol. The molecule has 0 aliphatic carbocycles. The first kappa shape index (κ1) is 12.5. The van der Waals surface area contributed by atoms with Gasteiger partial charge in [-0.2, -0.15) is 0 Å². The fourth-order valence-corrected chi connectivity index (χ4v) is 2.82. The molecule has 2 aromatic rings. The second-order valence-electron chi connectivity index (χ2n) is 4.81. The molecule has 2 heterocycles. The third-order valence-corrected chi connectivity index (χ3v) is 3.94. The van der Waals surface area contributed by atoms with Gasteiger partial charge in [-0.25, -0.2) is 4.84 Å². The van der Waals surface area contributed by atoms with Crippen LogP contribution in [0.5, 0.6) is 5.75 Å². The predicted molar refractivity (Wildman–Crippen MR) is 75.3 cm³/mol. The quantitative estimate of drug-likeness (QED) is 0.854. The number of hydrogen-bond donors (Lipinski definition) is 1. The maximum absolute atomic E-state index is 6.09. The molecule has 1 atom stereocenters. The van der Waals surface area contributed by atoms with E-state index in [2.05, 4.69) is 41.0 Å². The molecule has 0 saturated heterocycles. The Morgan fingerprint density at radius 3 is 2.79 bits per heavy atom. The van der Waals surface area contributed by atoms with Crippen LogP contribution in [0.15, 0.2) is 42.6 Å². The highest BCUT2D eigenvalue weighted by Gasteiger charge is 2.40. The van der Waals surface area contributed by atoms with Crippen LogP contribution in [0.3, 0.4) is 0 Å². The van der Waals surface area contributed by atoms with Gasteiger partial charge in [-0.1, -0.05) is 29.8 Å². The summed E-state index contributed by atoms with van der Waals surface area (Å²) < 4.78 is 5.66. The Kier molecular flexibility index (Phi) is 3.17. The molecule has 1 aromatic carbocycles. The molecule has 1 aromatic heterocycles. The molecule has 4 heteroatoms. The highest BCUT2D eigenvalue weighted by Crippen LogP contribution is 2.40. The van der Waals surface area contributed by atoms with Gasteiger partial charge in [0.25, 0.3) is 0 Å². The molecule has 1 aliphatic rings. The number of nitrogens with one attached hydrogen (secondary N) is 1. The summed E-state index contributed by atoms with van der Waals surface area (Å²) in [6, 6.07) is 12.2. The van der Waals surface area contributed by atoms with E-state index >= 15 is 0 Å². The van der Waals surface area contributed by atoms with E-state index in [0.29, 0.717) is 6.61 Å². The van der Waals surface area contributed by atoms with Crippen molar-refractivity contribution in [3.63, 3.8) is 0 Å². The van der Waals surface area contributed by atoms with Crippen LogP contribution in [-0.2, 0) is 5.54 Å². The largest absolute Gasteiger partial charge is 0.491 e. The molecular formula is C15H15ClN2O. The second-order valence-corrected chi connectivity index (χ2v) is 5.00. The van der Waals surface area contributed by atoms with Gasteiger partial charge in [0.2, 0.25) is 0 Å². The molecule has 98 valence electrons. The lowest BCUT2D eigenvalue weighted by Gasteiger charge is -2.36. The molecule has 1 N–H and O–H groups in total. The standard InChI is InChI=1S/C15H15ClN2O/c1-11-4-6-12(7-5-11)15(18-16)8-10-19-13-3-2-9-17-14(13)15/h2-7,9,18H,8,10H2,1H3/t15-/m0/s1. The number of benzene rings is 1. The van der Waals surface area contributed by atoms with E-state index in [4.69, 9.17) is 16.5 Å². The summed E-state index contributed by atoms with van der Waals surface area (Å²) in [6.45, 7) is 2.69. The van der Waals surface area contributed by atoms with E-state index in [0.717, 1.165) is 23.4 Å². The minimum absolute atomic E-state index is 0.482. The van der Waals surface area contributed by atoms with Gasteiger partial charge in [-0.3, -0.25) is 4.98 Å². The summed E-state index contributed by atoms with van der Waals surface area (Å²) >= 11 is 6.09. The molecule has 0 spiro atoms. The van der Waals surface area contributed by atoms with Gasteiger partial charge in [-0.05, 0) is 36.4 Å². The Balaban J connectivity index is 2.17. The first-order valence-electron chi connectivity index (χ1n) is 6.29. The maximum Gasteiger partial charge on any atom is 0.143 e. The Labute approximate surface area is 117 Å². The number of hydrogen-bond acceptors (Lipinski definition) is 3. The zero-order valence-corrected chi connectivity index (χ0v) is 11.4. The Bertz CT molecular complexity index is 585. The van der Waals surface area contributed by atoms with Crippen LogP contribution >= 0.6 is 11.8 Å². The van der Waals surface area contributed by atoms with E-state index < -0.39 is 5.54 Å². The van der Waals surface area contributed by atoms with Crippen LogP contribution in [0, 0.1) is 6.92 Å². The molecule has 3 rings (SSSR count). The molecule has 0 bridgehead atoms. The lowest BCUT2D eigenvalue weighted by Crippen LogP contribution is -2.43. The third kappa shape index (κ3) is 1.99. The third-order valence-electron chi connectivity index (χ3n) is 3.62. The highest BCUT2D eigenvalue weighted by atomic mass is 35.5. The minimum atomic E-state index is -0.482. The predicted octanol–water partition coefficient (Wildman–Crippen LogP) is 3.16. The zero-order chi connectivity index (χ0) is 13.3. The van der Waals surface area contributed by atoms with Gasteiger partial charge < -0.3 is 4.74 Å². The number of aryl methyl sites for hydroxylation is 1. The number of pyridine rings is 1. The van der Waals surface area contributed by atoms with Crippen molar-refractivity contribution in [2.45, 2.75) is 18.9 Å². The molecule has 0 radical (unpaired) electrons. The molecule has 3 nitrogen and oxygen atoms in total. The maximum atomic E-state index is 6.09. The molecular weight excluding hydrogens is 260 g/mol. The topological polar surface area (TPSA) is 34.1 Å². The van der Waals surface area contributed by atoms with Crippen molar-refractivity contribution in [3.8, 4) is 5.75 Å². The average molecular weight is 275 g/mol. The van der Waals surface area contributed by atoms with Gasteiger partial charge in [-0.15, -0.1) is 0 Å². The normalized spacial score (nSPS) is 21.6. The summed E-state index contributed by atoms with van der Waals surface area (Å²) in [5.41, 5.74) is 2.70. The van der Waals surface area contributed by atoms with E-state index in [-0.39, 0.29) is 0 Å². The van der Waals surface area contributed by atoms with Gasteiger partial charge in [0.1, 0.15) is 17.0 Å². The van der Waals surface area contributed by atoms with Crippen molar-refractivity contribution in [1.29, 1.82) is 0 Å². The SMILES string of the molecule is Cc1ccc([C@@]2(NCl)CCOc3cccnc32)cc1. The summed E-state index contributed by atoms with van der Waals surface area (Å²) in [7, 11) is 0. The lowest BCUT2D eigenvalue weighted by atomic mass is 9.82. The van der Waals surface area contributed by atoms with E-state index in [1.165, 1.54) is 5.56 Å². The van der Waals surface area contributed by atoms with E-state index in [1.807, 2.05) is 12.1 Å². The lowest BCUT2D eigenvalue weighted by molar-refractivity contribution is 0.223. The van der Waals surface area contributed by atoms with E-state index in [1.54, 1.807) is 6.20 Å². The van der Waals surface area contributed by atoms with Crippen LogP contribution in [0.25, 0.3) is 0 Å². The Morgan fingerprint density at radius 2 is 2.05 bits per heavy atom. The Morgan fingerprint density at radius 1 is 1.26 bits per heavy atom. The number of ether oxygens (including phenoxy) is 1. The number of aromatic nitrogens is 1.